The lowest BCUT2D eigenvalue weighted by Crippen LogP contribution is -2.30. The normalized spacial score (nSPS) is 18.3. The number of ether oxygens (including phenoxy) is 1. The number of aliphatic hydroxyl groups is 1. The van der Waals surface area contributed by atoms with E-state index in [4.69, 9.17) is 9.84 Å². The van der Waals surface area contributed by atoms with Gasteiger partial charge in [-0.2, -0.15) is 5.10 Å². The fourth-order valence-electron chi connectivity index (χ4n) is 1.04. The van der Waals surface area contributed by atoms with Gasteiger partial charge in [-0.25, -0.2) is 0 Å². The zero-order valence-corrected chi connectivity index (χ0v) is 6.10. The largest absolute Gasteiger partial charge is 0.390 e. The van der Waals surface area contributed by atoms with Crippen LogP contribution in [0.15, 0.2) is 12.3 Å². The number of nitrogens with zero attached hydrogens (tertiary/aromatic N) is 2. The highest BCUT2D eigenvalue weighted by Crippen LogP contribution is 2.15. The lowest BCUT2D eigenvalue weighted by molar-refractivity contribution is -0.0289. The average Bonchev–Trinajstić information content (AvgIpc) is 2.32. The van der Waals surface area contributed by atoms with Crippen molar-refractivity contribution in [2.24, 2.45) is 0 Å². The molecule has 0 spiro atoms. The van der Waals surface area contributed by atoms with Crippen molar-refractivity contribution in [2.75, 3.05) is 13.2 Å². The third-order valence-electron chi connectivity index (χ3n) is 1.82. The highest BCUT2D eigenvalue weighted by atomic mass is 16.5. The maximum atomic E-state index is 8.72. The second kappa shape index (κ2) is 2.64. The molecule has 1 aliphatic rings. The van der Waals surface area contributed by atoms with Gasteiger partial charge in [-0.05, 0) is 6.07 Å². The Morgan fingerprint density at radius 2 is 2.55 bits per heavy atom. The SMILES string of the molecule is OCc1ccn(C2COC2)n1. The Balaban J connectivity index is 2.11. The lowest BCUT2D eigenvalue weighted by atomic mass is 10.3. The standard InChI is InChI=1S/C7H10N2O2/c10-3-6-1-2-9(8-6)7-4-11-5-7/h1-2,7,10H,3-5H2. The molecule has 11 heavy (non-hydrogen) atoms. The Morgan fingerprint density at radius 1 is 1.73 bits per heavy atom. The Kier molecular flexibility index (Phi) is 1.63. The third kappa shape index (κ3) is 1.15. The van der Waals surface area contributed by atoms with Gasteiger partial charge >= 0.3 is 0 Å². The number of aromatic nitrogens is 2. The summed E-state index contributed by atoms with van der Waals surface area (Å²) in [4.78, 5) is 0. The molecule has 2 rings (SSSR count). The smallest absolute Gasteiger partial charge is 0.0985 e. The minimum Gasteiger partial charge on any atom is -0.390 e. The molecule has 1 aromatic heterocycles. The number of rotatable bonds is 2. The average molecular weight is 154 g/mol. The Hall–Kier alpha value is -0.870. The van der Waals surface area contributed by atoms with Gasteiger partial charge in [-0.1, -0.05) is 0 Å². The van der Waals surface area contributed by atoms with Gasteiger partial charge in [0.15, 0.2) is 0 Å². The van der Waals surface area contributed by atoms with E-state index < -0.39 is 0 Å². The molecule has 0 atom stereocenters. The monoisotopic (exact) mass is 154 g/mol. The van der Waals surface area contributed by atoms with Gasteiger partial charge in [0.1, 0.15) is 0 Å². The van der Waals surface area contributed by atoms with Crippen LogP contribution in [0.3, 0.4) is 0 Å². The molecule has 0 amide bonds. The summed E-state index contributed by atoms with van der Waals surface area (Å²) in [7, 11) is 0. The topological polar surface area (TPSA) is 47.3 Å². The van der Waals surface area contributed by atoms with Crippen molar-refractivity contribution >= 4 is 0 Å². The van der Waals surface area contributed by atoms with E-state index in [1.807, 2.05) is 16.9 Å². The van der Waals surface area contributed by atoms with Crippen molar-refractivity contribution in [3.8, 4) is 0 Å². The second-order valence-corrected chi connectivity index (χ2v) is 2.64. The van der Waals surface area contributed by atoms with Crippen LogP contribution in [0.2, 0.25) is 0 Å². The van der Waals surface area contributed by atoms with Gasteiger partial charge in [0.05, 0.1) is 31.6 Å². The molecule has 1 aromatic rings. The first-order chi connectivity index (χ1) is 5.40. The Bertz CT molecular complexity index is 242. The molecule has 0 saturated carbocycles. The van der Waals surface area contributed by atoms with E-state index in [9.17, 15) is 0 Å². The molecule has 60 valence electrons. The molecular formula is C7H10N2O2. The zero-order valence-electron chi connectivity index (χ0n) is 6.10. The minimum absolute atomic E-state index is 0.0145. The fourth-order valence-corrected chi connectivity index (χ4v) is 1.04. The van der Waals surface area contributed by atoms with Crippen molar-refractivity contribution in [3.63, 3.8) is 0 Å². The van der Waals surface area contributed by atoms with Crippen LogP contribution >= 0.6 is 0 Å². The minimum atomic E-state index is 0.0145. The first-order valence-electron chi connectivity index (χ1n) is 3.63. The first kappa shape index (κ1) is 6.82. The summed E-state index contributed by atoms with van der Waals surface area (Å²) in [5.74, 6) is 0. The number of aliphatic hydroxyl groups excluding tert-OH is 1. The van der Waals surface area contributed by atoms with Crippen molar-refractivity contribution in [2.45, 2.75) is 12.6 Å². The van der Waals surface area contributed by atoms with Crippen molar-refractivity contribution in [1.82, 2.24) is 9.78 Å². The van der Waals surface area contributed by atoms with Crippen LogP contribution < -0.4 is 0 Å². The fraction of sp³-hybridized carbons (Fsp3) is 0.571. The molecule has 1 N–H and O–H groups in total. The van der Waals surface area contributed by atoms with Gasteiger partial charge in [-0.15, -0.1) is 0 Å². The van der Waals surface area contributed by atoms with Crippen LogP contribution in [0.4, 0.5) is 0 Å². The molecule has 0 aromatic carbocycles. The maximum absolute atomic E-state index is 8.72. The Morgan fingerprint density at radius 3 is 3.00 bits per heavy atom. The molecule has 4 heteroatoms. The zero-order chi connectivity index (χ0) is 7.68. The summed E-state index contributed by atoms with van der Waals surface area (Å²) >= 11 is 0. The van der Waals surface area contributed by atoms with Crippen LogP contribution in [0.25, 0.3) is 0 Å². The molecule has 0 unspecified atom stereocenters. The summed E-state index contributed by atoms with van der Waals surface area (Å²) in [5.41, 5.74) is 0.719. The van der Waals surface area contributed by atoms with Gasteiger partial charge < -0.3 is 9.84 Å². The van der Waals surface area contributed by atoms with E-state index in [0.717, 1.165) is 18.9 Å². The first-order valence-corrected chi connectivity index (χ1v) is 3.63. The quantitative estimate of drug-likeness (QED) is 0.649. The van der Waals surface area contributed by atoms with Gasteiger partial charge in [0.2, 0.25) is 0 Å². The van der Waals surface area contributed by atoms with Crippen LogP contribution in [-0.2, 0) is 11.3 Å². The summed E-state index contributed by atoms with van der Waals surface area (Å²) < 4.78 is 6.85. The molecule has 1 fully saturated rings. The van der Waals surface area contributed by atoms with Crippen molar-refractivity contribution in [3.05, 3.63) is 18.0 Å². The van der Waals surface area contributed by atoms with E-state index in [1.165, 1.54) is 0 Å². The Labute approximate surface area is 64.4 Å². The summed E-state index contributed by atoms with van der Waals surface area (Å²) in [5, 5.41) is 12.9. The van der Waals surface area contributed by atoms with Crippen LogP contribution in [-0.4, -0.2) is 28.1 Å². The molecular weight excluding hydrogens is 144 g/mol. The van der Waals surface area contributed by atoms with Gasteiger partial charge in [0, 0.05) is 6.20 Å². The van der Waals surface area contributed by atoms with E-state index in [0.29, 0.717) is 6.04 Å². The molecule has 0 aliphatic carbocycles. The summed E-state index contributed by atoms with van der Waals surface area (Å²) in [6.45, 7) is 1.50. The lowest BCUT2D eigenvalue weighted by Gasteiger charge is -2.25. The molecule has 1 aliphatic heterocycles. The highest BCUT2D eigenvalue weighted by molar-refractivity contribution is 4.98. The highest BCUT2D eigenvalue weighted by Gasteiger charge is 2.20. The summed E-state index contributed by atoms with van der Waals surface area (Å²) in [6, 6.07) is 2.20. The molecule has 2 heterocycles. The molecule has 0 bridgehead atoms. The number of hydrogen-bond donors (Lipinski definition) is 1. The van der Waals surface area contributed by atoms with E-state index in [1.54, 1.807) is 0 Å². The second-order valence-electron chi connectivity index (χ2n) is 2.64. The molecule has 0 radical (unpaired) electrons. The molecule has 4 nitrogen and oxygen atoms in total. The van der Waals surface area contributed by atoms with Crippen molar-refractivity contribution in [1.29, 1.82) is 0 Å². The predicted octanol–water partition coefficient (Wildman–Crippen LogP) is -0.0533. The van der Waals surface area contributed by atoms with E-state index in [-0.39, 0.29) is 6.61 Å². The van der Waals surface area contributed by atoms with Crippen molar-refractivity contribution < 1.29 is 9.84 Å². The molecule has 1 saturated heterocycles. The van der Waals surface area contributed by atoms with E-state index >= 15 is 0 Å². The van der Waals surface area contributed by atoms with Gasteiger partial charge in [-0.3, -0.25) is 4.68 Å². The predicted molar refractivity (Wildman–Crippen MR) is 38.0 cm³/mol. The van der Waals surface area contributed by atoms with Crippen LogP contribution in [0.1, 0.15) is 11.7 Å². The van der Waals surface area contributed by atoms with Crippen LogP contribution in [0, 0.1) is 0 Å². The van der Waals surface area contributed by atoms with E-state index in [2.05, 4.69) is 5.10 Å². The van der Waals surface area contributed by atoms with Gasteiger partial charge in [0.25, 0.3) is 0 Å². The number of hydrogen-bond acceptors (Lipinski definition) is 3. The van der Waals surface area contributed by atoms with Crippen LogP contribution in [0.5, 0.6) is 0 Å². The maximum Gasteiger partial charge on any atom is 0.0985 e. The summed E-state index contributed by atoms with van der Waals surface area (Å²) in [6.07, 6.45) is 1.87. The third-order valence-corrected chi connectivity index (χ3v) is 1.82.